The number of amides is 1. The first-order chi connectivity index (χ1) is 6.99. The van der Waals surface area contributed by atoms with E-state index in [1.54, 1.807) is 6.92 Å². The molecule has 0 aromatic rings. The fraction of sp³-hybridized carbons (Fsp3) is 0.917. The van der Waals surface area contributed by atoms with E-state index in [1.165, 1.54) is 6.42 Å². The van der Waals surface area contributed by atoms with Crippen LogP contribution in [0.15, 0.2) is 0 Å². The summed E-state index contributed by atoms with van der Waals surface area (Å²) in [6, 6.07) is 0. The molecule has 0 bridgehead atoms. The maximum absolute atomic E-state index is 11.8. The van der Waals surface area contributed by atoms with Crippen LogP contribution in [0.4, 0.5) is 0 Å². The average Bonchev–Trinajstić information content (AvgIpc) is 2.12. The van der Waals surface area contributed by atoms with Crippen molar-refractivity contribution in [1.82, 2.24) is 5.32 Å². The Kier molecular flexibility index (Phi) is 4.58. The minimum absolute atomic E-state index is 0.120. The fourth-order valence-corrected chi connectivity index (χ4v) is 2.55. The first-order valence-corrected chi connectivity index (χ1v) is 5.94. The Bertz CT molecular complexity index is 206. The number of nitrogens with one attached hydrogen (secondary N) is 1. The zero-order valence-corrected chi connectivity index (χ0v) is 9.99. The highest BCUT2D eigenvalue weighted by Crippen LogP contribution is 2.32. The highest BCUT2D eigenvalue weighted by molar-refractivity contribution is 5.78. The van der Waals surface area contributed by atoms with Crippen LogP contribution in [0.1, 0.15) is 40.0 Å². The Morgan fingerprint density at radius 2 is 1.87 bits per heavy atom. The van der Waals surface area contributed by atoms with Gasteiger partial charge in [-0.25, -0.2) is 0 Å². The molecule has 4 atom stereocenters. The van der Waals surface area contributed by atoms with Gasteiger partial charge in [-0.05, 0) is 38.0 Å². The molecule has 0 aliphatic heterocycles. The molecule has 1 aliphatic rings. The van der Waals surface area contributed by atoms with Gasteiger partial charge < -0.3 is 10.4 Å². The van der Waals surface area contributed by atoms with Crippen molar-refractivity contribution in [1.29, 1.82) is 0 Å². The summed E-state index contributed by atoms with van der Waals surface area (Å²) in [7, 11) is 0. The molecule has 2 unspecified atom stereocenters. The molecular formula is C12H23NO2. The molecule has 0 spiro atoms. The molecule has 0 saturated heterocycles. The second-order valence-electron chi connectivity index (χ2n) is 5.21. The maximum Gasteiger partial charge on any atom is 0.223 e. The second kappa shape index (κ2) is 5.50. The van der Waals surface area contributed by atoms with Gasteiger partial charge in [0.05, 0.1) is 6.10 Å². The SMILES string of the molecule is CC(O)CNC(=O)C1C[C@@H](C)C[C@@H](C)C1. The monoisotopic (exact) mass is 213 g/mol. The molecule has 2 N–H and O–H groups in total. The van der Waals surface area contributed by atoms with E-state index in [1.807, 2.05) is 0 Å². The molecule has 0 heterocycles. The molecule has 15 heavy (non-hydrogen) atoms. The average molecular weight is 213 g/mol. The molecule has 0 aromatic carbocycles. The lowest BCUT2D eigenvalue weighted by atomic mass is 9.76. The highest BCUT2D eigenvalue weighted by Gasteiger charge is 2.28. The van der Waals surface area contributed by atoms with E-state index in [0.29, 0.717) is 18.4 Å². The fourth-order valence-electron chi connectivity index (χ4n) is 2.55. The van der Waals surface area contributed by atoms with Crippen molar-refractivity contribution in [3.8, 4) is 0 Å². The molecule has 3 nitrogen and oxygen atoms in total. The van der Waals surface area contributed by atoms with Gasteiger partial charge in [-0.3, -0.25) is 4.79 Å². The van der Waals surface area contributed by atoms with Crippen molar-refractivity contribution in [3.63, 3.8) is 0 Å². The van der Waals surface area contributed by atoms with Crippen molar-refractivity contribution in [2.45, 2.75) is 46.1 Å². The third-order valence-corrected chi connectivity index (χ3v) is 3.12. The minimum Gasteiger partial charge on any atom is -0.392 e. The van der Waals surface area contributed by atoms with Gasteiger partial charge in [0.25, 0.3) is 0 Å². The summed E-state index contributed by atoms with van der Waals surface area (Å²) in [5.41, 5.74) is 0. The Balaban J connectivity index is 2.38. The normalized spacial score (nSPS) is 33.5. The van der Waals surface area contributed by atoms with Gasteiger partial charge in [0.2, 0.25) is 5.91 Å². The second-order valence-corrected chi connectivity index (χ2v) is 5.21. The molecular weight excluding hydrogens is 190 g/mol. The summed E-state index contributed by atoms with van der Waals surface area (Å²) >= 11 is 0. The number of rotatable bonds is 3. The van der Waals surface area contributed by atoms with E-state index in [9.17, 15) is 4.79 Å². The quantitative estimate of drug-likeness (QED) is 0.747. The van der Waals surface area contributed by atoms with Gasteiger partial charge >= 0.3 is 0 Å². The van der Waals surface area contributed by atoms with Crippen LogP contribution < -0.4 is 5.32 Å². The summed E-state index contributed by atoms with van der Waals surface area (Å²) < 4.78 is 0. The van der Waals surface area contributed by atoms with Gasteiger partial charge in [-0.15, -0.1) is 0 Å². The predicted molar refractivity (Wildman–Crippen MR) is 60.4 cm³/mol. The summed E-state index contributed by atoms with van der Waals surface area (Å²) in [5, 5.41) is 11.9. The molecule has 3 heteroatoms. The van der Waals surface area contributed by atoms with Gasteiger partial charge in [0, 0.05) is 12.5 Å². The maximum atomic E-state index is 11.8. The summed E-state index contributed by atoms with van der Waals surface area (Å²) in [4.78, 5) is 11.8. The van der Waals surface area contributed by atoms with E-state index in [0.717, 1.165) is 12.8 Å². The largest absolute Gasteiger partial charge is 0.392 e. The van der Waals surface area contributed by atoms with Crippen molar-refractivity contribution < 1.29 is 9.90 Å². The molecule has 88 valence electrons. The smallest absolute Gasteiger partial charge is 0.223 e. The Morgan fingerprint density at radius 3 is 2.33 bits per heavy atom. The number of carbonyl (C=O) groups is 1. The van der Waals surface area contributed by atoms with Gasteiger partial charge in [-0.2, -0.15) is 0 Å². The van der Waals surface area contributed by atoms with Crippen LogP contribution in [-0.4, -0.2) is 23.7 Å². The molecule has 1 aliphatic carbocycles. The zero-order valence-electron chi connectivity index (χ0n) is 9.99. The summed E-state index contributed by atoms with van der Waals surface area (Å²) in [5.74, 6) is 1.57. The van der Waals surface area contributed by atoms with Crippen LogP contribution in [0.3, 0.4) is 0 Å². The topological polar surface area (TPSA) is 49.3 Å². The highest BCUT2D eigenvalue weighted by atomic mass is 16.3. The van der Waals surface area contributed by atoms with E-state index in [4.69, 9.17) is 5.11 Å². The molecule has 0 radical (unpaired) electrons. The van der Waals surface area contributed by atoms with Crippen LogP contribution in [-0.2, 0) is 4.79 Å². The standard InChI is InChI=1S/C12H23NO2/c1-8-4-9(2)6-11(5-8)12(15)13-7-10(3)14/h8-11,14H,4-7H2,1-3H3,(H,13,15)/t8-,9+,10?,11?. The third kappa shape index (κ3) is 4.20. The van der Waals surface area contributed by atoms with Crippen LogP contribution in [0, 0.1) is 17.8 Å². The number of hydrogen-bond acceptors (Lipinski definition) is 2. The summed E-state index contributed by atoms with van der Waals surface area (Å²) in [6.45, 7) is 6.49. The lowest BCUT2D eigenvalue weighted by molar-refractivity contribution is -0.127. The van der Waals surface area contributed by atoms with Crippen LogP contribution in [0.2, 0.25) is 0 Å². The van der Waals surface area contributed by atoms with Crippen LogP contribution in [0.25, 0.3) is 0 Å². The Hall–Kier alpha value is -0.570. The first kappa shape index (κ1) is 12.5. The van der Waals surface area contributed by atoms with E-state index >= 15 is 0 Å². The third-order valence-electron chi connectivity index (χ3n) is 3.12. The van der Waals surface area contributed by atoms with Crippen molar-refractivity contribution in [3.05, 3.63) is 0 Å². The zero-order chi connectivity index (χ0) is 11.4. The van der Waals surface area contributed by atoms with Gasteiger partial charge in [0.1, 0.15) is 0 Å². The first-order valence-electron chi connectivity index (χ1n) is 5.94. The van der Waals surface area contributed by atoms with E-state index < -0.39 is 6.10 Å². The number of hydrogen-bond donors (Lipinski definition) is 2. The Morgan fingerprint density at radius 1 is 1.33 bits per heavy atom. The molecule has 1 saturated carbocycles. The van der Waals surface area contributed by atoms with E-state index in [-0.39, 0.29) is 11.8 Å². The number of carbonyl (C=O) groups excluding carboxylic acids is 1. The van der Waals surface area contributed by atoms with Crippen molar-refractivity contribution in [2.24, 2.45) is 17.8 Å². The van der Waals surface area contributed by atoms with Crippen molar-refractivity contribution >= 4 is 5.91 Å². The number of aliphatic hydroxyl groups is 1. The molecule has 1 fully saturated rings. The molecule has 0 aromatic heterocycles. The van der Waals surface area contributed by atoms with Gasteiger partial charge in [-0.1, -0.05) is 13.8 Å². The lowest BCUT2D eigenvalue weighted by Crippen LogP contribution is -2.38. The van der Waals surface area contributed by atoms with Crippen molar-refractivity contribution in [2.75, 3.05) is 6.54 Å². The number of aliphatic hydroxyl groups excluding tert-OH is 1. The minimum atomic E-state index is -0.451. The van der Waals surface area contributed by atoms with Crippen LogP contribution >= 0.6 is 0 Å². The van der Waals surface area contributed by atoms with E-state index in [2.05, 4.69) is 19.2 Å². The lowest BCUT2D eigenvalue weighted by Gasteiger charge is -2.30. The summed E-state index contributed by atoms with van der Waals surface area (Å²) in [6.07, 6.45) is 2.78. The predicted octanol–water partition coefficient (Wildman–Crippen LogP) is 1.56. The van der Waals surface area contributed by atoms with Crippen LogP contribution in [0.5, 0.6) is 0 Å². The molecule has 1 rings (SSSR count). The molecule has 1 amide bonds. The Labute approximate surface area is 92.3 Å². The van der Waals surface area contributed by atoms with Gasteiger partial charge in [0.15, 0.2) is 0 Å².